The Morgan fingerprint density at radius 2 is 1.92 bits per heavy atom. The van der Waals surface area contributed by atoms with E-state index in [0.717, 1.165) is 37.7 Å². The molecule has 2 fully saturated rings. The summed E-state index contributed by atoms with van der Waals surface area (Å²) in [5, 5.41) is 0.680. The van der Waals surface area contributed by atoms with E-state index in [9.17, 15) is 9.59 Å². The van der Waals surface area contributed by atoms with Gasteiger partial charge in [-0.3, -0.25) is 9.59 Å². The van der Waals surface area contributed by atoms with E-state index < -0.39 is 5.41 Å². The fourth-order valence-corrected chi connectivity index (χ4v) is 4.32. The van der Waals surface area contributed by atoms with E-state index in [0.29, 0.717) is 18.2 Å². The number of carbonyl (C=O) groups is 2. The number of hydrogen-bond acceptors (Lipinski definition) is 3. The number of carbonyl (C=O) groups excluding carboxylic acids is 2. The Hall–Kier alpha value is -1.55. The SMILES string of the molecule is CCOC(=O)[C@H]1CCCN(C(=O)C2(c3ccc(Cl)cc3)CCC2)[C@@H]1C. The lowest BCUT2D eigenvalue weighted by molar-refractivity contribution is -0.157. The number of hydrogen-bond donors (Lipinski definition) is 0. The zero-order valence-electron chi connectivity index (χ0n) is 15.0. The van der Waals surface area contributed by atoms with Crippen LogP contribution in [0, 0.1) is 5.92 Å². The van der Waals surface area contributed by atoms with Gasteiger partial charge in [0.15, 0.2) is 0 Å². The first-order valence-electron chi connectivity index (χ1n) is 9.23. The maximum atomic E-state index is 13.5. The van der Waals surface area contributed by atoms with E-state index in [2.05, 4.69) is 0 Å². The Labute approximate surface area is 154 Å². The van der Waals surface area contributed by atoms with E-state index in [1.165, 1.54) is 0 Å². The molecule has 0 unspecified atom stereocenters. The third-order valence-corrected chi connectivity index (χ3v) is 6.10. The minimum absolute atomic E-state index is 0.120. The lowest BCUT2D eigenvalue weighted by Crippen LogP contribution is -2.57. The van der Waals surface area contributed by atoms with Gasteiger partial charge < -0.3 is 9.64 Å². The number of rotatable bonds is 4. The van der Waals surface area contributed by atoms with Crippen LogP contribution in [0.4, 0.5) is 0 Å². The molecule has 0 bridgehead atoms. The van der Waals surface area contributed by atoms with Gasteiger partial charge in [0.2, 0.25) is 5.91 Å². The second-order valence-corrected chi connectivity index (χ2v) is 7.62. The van der Waals surface area contributed by atoms with Gasteiger partial charge in [-0.15, -0.1) is 0 Å². The largest absolute Gasteiger partial charge is 0.466 e. The fraction of sp³-hybridized carbons (Fsp3) is 0.600. The van der Waals surface area contributed by atoms with Gasteiger partial charge in [-0.2, -0.15) is 0 Å². The van der Waals surface area contributed by atoms with Crippen LogP contribution in [0.15, 0.2) is 24.3 Å². The first kappa shape index (κ1) is 18.2. The van der Waals surface area contributed by atoms with E-state index in [1.807, 2.05) is 43.0 Å². The molecule has 1 saturated heterocycles. The van der Waals surface area contributed by atoms with Crippen molar-refractivity contribution in [3.8, 4) is 0 Å². The zero-order chi connectivity index (χ0) is 18.0. The highest BCUT2D eigenvalue weighted by molar-refractivity contribution is 6.30. The van der Waals surface area contributed by atoms with Gasteiger partial charge in [0.05, 0.1) is 17.9 Å². The number of ether oxygens (including phenoxy) is 1. The lowest BCUT2D eigenvalue weighted by atomic mass is 9.63. The summed E-state index contributed by atoms with van der Waals surface area (Å²) in [5.41, 5.74) is 0.591. The highest BCUT2D eigenvalue weighted by atomic mass is 35.5. The summed E-state index contributed by atoms with van der Waals surface area (Å²) in [5.74, 6) is -0.246. The number of piperidine rings is 1. The third kappa shape index (κ3) is 3.29. The summed E-state index contributed by atoms with van der Waals surface area (Å²) in [6.45, 7) is 4.89. The topological polar surface area (TPSA) is 46.6 Å². The molecule has 0 spiro atoms. The molecule has 1 aromatic rings. The average molecular weight is 364 g/mol. The van der Waals surface area contributed by atoms with Crippen LogP contribution in [-0.2, 0) is 19.7 Å². The van der Waals surface area contributed by atoms with Crippen molar-refractivity contribution < 1.29 is 14.3 Å². The predicted octanol–water partition coefficient (Wildman–Crippen LogP) is 3.95. The van der Waals surface area contributed by atoms with Crippen LogP contribution in [-0.4, -0.2) is 36.0 Å². The average Bonchev–Trinajstić information content (AvgIpc) is 2.56. The minimum atomic E-state index is -0.449. The summed E-state index contributed by atoms with van der Waals surface area (Å²) < 4.78 is 5.21. The molecule has 2 atom stereocenters. The molecule has 1 amide bonds. The second kappa shape index (κ2) is 7.36. The molecule has 1 aliphatic heterocycles. The normalized spacial score (nSPS) is 25.2. The van der Waals surface area contributed by atoms with Crippen molar-refractivity contribution >= 4 is 23.5 Å². The van der Waals surface area contributed by atoms with Gasteiger partial charge in [-0.25, -0.2) is 0 Å². The van der Waals surface area contributed by atoms with Gasteiger partial charge in [0.25, 0.3) is 0 Å². The van der Waals surface area contributed by atoms with Crippen molar-refractivity contribution in [3.05, 3.63) is 34.9 Å². The Morgan fingerprint density at radius 1 is 1.24 bits per heavy atom. The Morgan fingerprint density at radius 3 is 2.48 bits per heavy atom. The van der Waals surface area contributed by atoms with Crippen molar-refractivity contribution in [1.29, 1.82) is 0 Å². The zero-order valence-corrected chi connectivity index (χ0v) is 15.7. The van der Waals surface area contributed by atoms with Crippen molar-refractivity contribution in [1.82, 2.24) is 4.90 Å². The highest BCUT2D eigenvalue weighted by Gasteiger charge is 2.50. The maximum Gasteiger partial charge on any atom is 0.311 e. The van der Waals surface area contributed by atoms with Gasteiger partial charge in [-0.05, 0) is 57.2 Å². The summed E-state index contributed by atoms with van der Waals surface area (Å²) >= 11 is 6.01. The predicted molar refractivity (Wildman–Crippen MR) is 97.5 cm³/mol. The van der Waals surface area contributed by atoms with Gasteiger partial charge in [-0.1, -0.05) is 30.2 Å². The molecule has 25 heavy (non-hydrogen) atoms. The summed E-state index contributed by atoms with van der Waals surface area (Å²) in [6.07, 6.45) is 4.41. The van der Waals surface area contributed by atoms with Crippen LogP contribution in [0.2, 0.25) is 5.02 Å². The Kier molecular flexibility index (Phi) is 5.38. The molecule has 1 aromatic carbocycles. The molecule has 5 heteroatoms. The Bertz CT molecular complexity index is 639. The summed E-state index contributed by atoms with van der Waals surface area (Å²) in [7, 11) is 0. The van der Waals surface area contributed by atoms with Crippen molar-refractivity contribution in [2.75, 3.05) is 13.2 Å². The first-order valence-corrected chi connectivity index (χ1v) is 9.61. The van der Waals surface area contributed by atoms with Crippen LogP contribution in [0.1, 0.15) is 51.5 Å². The first-order chi connectivity index (χ1) is 12.0. The fourth-order valence-electron chi connectivity index (χ4n) is 4.19. The van der Waals surface area contributed by atoms with Crippen molar-refractivity contribution in [2.24, 2.45) is 5.92 Å². The van der Waals surface area contributed by atoms with E-state index in [4.69, 9.17) is 16.3 Å². The number of esters is 1. The smallest absolute Gasteiger partial charge is 0.311 e. The van der Waals surface area contributed by atoms with Crippen LogP contribution < -0.4 is 0 Å². The van der Waals surface area contributed by atoms with E-state index >= 15 is 0 Å². The van der Waals surface area contributed by atoms with Crippen LogP contribution in [0.3, 0.4) is 0 Å². The number of nitrogens with zero attached hydrogens (tertiary/aromatic N) is 1. The summed E-state index contributed by atoms with van der Waals surface area (Å²) in [4.78, 5) is 27.6. The number of benzene rings is 1. The van der Waals surface area contributed by atoms with Gasteiger partial charge in [0.1, 0.15) is 0 Å². The minimum Gasteiger partial charge on any atom is -0.466 e. The van der Waals surface area contributed by atoms with Crippen LogP contribution in [0.5, 0.6) is 0 Å². The van der Waals surface area contributed by atoms with Gasteiger partial charge >= 0.3 is 5.97 Å². The molecule has 0 radical (unpaired) electrons. The molecular weight excluding hydrogens is 338 g/mol. The van der Waals surface area contributed by atoms with Crippen LogP contribution in [0.25, 0.3) is 0 Å². The number of halogens is 1. The molecule has 4 nitrogen and oxygen atoms in total. The molecule has 0 aromatic heterocycles. The molecule has 2 aliphatic rings. The molecule has 3 rings (SSSR count). The van der Waals surface area contributed by atoms with Crippen LogP contribution >= 0.6 is 11.6 Å². The van der Waals surface area contributed by atoms with Gasteiger partial charge in [0, 0.05) is 17.6 Å². The molecule has 136 valence electrons. The lowest BCUT2D eigenvalue weighted by Gasteiger charge is -2.48. The monoisotopic (exact) mass is 363 g/mol. The molecule has 1 aliphatic carbocycles. The highest BCUT2D eigenvalue weighted by Crippen LogP contribution is 2.46. The standard InChI is InChI=1S/C20H26ClNO3/c1-3-25-18(23)17-6-4-13-22(14(17)2)19(24)20(11-5-12-20)15-7-9-16(21)10-8-15/h7-10,14,17H,3-6,11-13H2,1-2H3/t14-,17+/m1/s1. The number of amides is 1. The van der Waals surface area contributed by atoms with Crippen molar-refractivity contribution in [3.63, 3.8) is 0 Å². The second-order valence-electron chi connectivity index (χ2n) is 7.18. The van der Waals surface area contributed by atoms with E-state index in [1.54, 1.807) is 0 Å². The quantitative estimate of drug-likeness (QED) is 0.761. The van der Waals surface area contributed by atoms with Crippen molar-refractivity contribution in [2.45, 2.75) is 57.4 Å². The molecule has 1 heterocycles. The third-order valence-electron chi connectivity index (χ3n) is 5.85. The maximum absolute atomic E-state index is 13.5. The number of likely N-dealkylation sites (tertiary alicyclic amines) is 1. The summed E-state index contributed by atoms with van der Waals surface area (Å²) in [6, 6.07) is 7.52. The van der Waals surface area contributed by atoms with E-state index in [-0.39, 0.29) is 23.8 Å². The molecule has 0 N–H and O–H groups in total. The Balaban J connectivity index is 1.83. The molecular formula is C20H26ClNO3. The molecule has 1 saturated carbocycles.